The minimum absolute atomic E-state index is 0.0370. The first-order valence-electron chi connectivity index (χ1n) is 19.8. The van der Waals surface area contributed by atoms with Crippen LogP contribution in [0.4, 0.5) is 10.6 Å². The average Bonchev–Trinajstić information content (AvgIpc) is 3.45. The van der Waals surface area contributed by atoms with E-state index in [1.165, 1.54) is 37.3 Å². The molecule has 1 saturated heterocycles. The highest BCUT2D eigenvalue weighted by atomic mass is 31.2. The number of phosphoric acid groups is 1. The summed E-state index contributed by atoms with van der Waals surface area (Å²) in [5.74, 6) is -5.41. The number of rotatable bonds is 24. The van der Waals surface area contributed by atoms with Crippen molar-refractivity contribution >= 4 is 43.6 Å². The average molecular weight is 890 g/mol. The van der Waals surface area contributed by atoms with Crippen molar-refractivity contribution in [1.29, 1.82) is 0 Å². The highest BCUT2D eigenvalue weighted by Gasteiger charge is 2.54. The lowest BCUT2D eigenvalue weighted by molar-refractivity contribution is -0.154. The lowest BCUT2D eigenvalue weighted by atomic mass is 9.96. The number of benzene rings is 2. The largest absolute Gasteiger partial charge is 0.651 e. The number of carboxylic acids is 1. The number of phosphoric ester groups is 1. The molecule has 0 saturated carbocycles. The Hall–Kier alpha value is -5.70. The highest BCUT2D eigenvalue weighted by Crippen LogP contribution is 2.50. The van der Waals surface area contributed by atoms with E-state index in [0.717, 1.165) is 16.3 Å². The zero-order chi connectivity index (χ0) is 45.3. The monoisotopic (exact) mass is 889 g/mol. The fraction of sp³-hybridized carbons (Fsp3) is 0.475. The standard InChI is InChI=1S/C40H52N5O16P/c1-4-6-19-41-28(22-32(46)47)35(50)60-62(55,59-27-16-12-9-13-17-27)61-36(51)29(42-20-7-5-2)23-33(48)56-25-30-34(49)40(3,54)37(58-30)45-21-18-31(43-38(45)52)44-39(53)57-24-26-14-10-8-11-15-26/h8-18,21,28-30,34,37,41-42,49,54H,4-7,19-20,22-25H2,1-3H3,(H,46,47)(H,43,44,52,53)/t28-,29-,30+,34+,37+,40+,62?/m0/s1. The molecule has 6 N–H and O–H groups in total. The van der Waals surface area contributed by atoms with Crippen LogP contribution in [0.15, 0.2) is 77.7 Å². The summed E-state index contributed by atoms with van der Waals surface area (Å²) in [4.78, 5) is 80.6. The molecule has 1 aliphatic rings. The normalized spacial score (nSPS) is 20.2. The predicted octanol–water partition coefficient (Wildman–Crippen LogP) is 3.20. The third kappa shape index (κ3) is 14.7. The number of hydrogen-bond acceptors (Lipinski definition) is 18. The second-order valence-corrected chi connectivity index (χ2v) is 15.7. The number of ether oxygens (including phenoxy) is 3. The number of para-hydroxylation sites is 1. The molecule has 2 heterocycles. The molecular weight excluding hydrogens is 837 g/mol. The van der Waals surface area contributed by atoms with Gasteiger partial charge in [-0.25, -0.2) is 19.2 Å². The number of anilines is 1. The van der Waals surface area contributed by atoms with E-state index in [9.17, 15) is 48.7 Å². The molecule has 0 aliphatic carbocycles. The van der Waals surface area contributed by atoms with E-state index >= 15 is 0 Å². The summed E-state index contributed by atoms with van der Waals surface area (Å²) in [5.41, 5.74) is -2.38. The van der Waals surface area contributed by atoms with Crippen molar-refractivity contribution in [2.24, 2.45) is 0 Å². The molecule has 0 radical (unpaired) electrons. The number of amides is 1. The Bertz CT molecular complexity index is 2070. The van der Waals surface area contributed by atoms with Gasteiger partial charge in [0.15, 0.2) is 6.23 Å². The summed E-state index contributed by atoms with van der Waals surface area (Å²) in [6.07, 6.45) is -3.43. The first kappa shape index (κ1) is 49.0. The minimum Gasteiger partial charge on any atom is -0.481 e. The van der Waals surface area contributed by atoms with Gasteiger partial charge in [0, 0.05) is 6.20 Å². The Labute approximate surface area is 356 Å². The van der Waals surface area contributed by atoms with Crippen molar-refractivity contribution in [3.05, 3.63) is 89.0 Å². The molecule has 1 unspecified atom stereocenters. The first-order chi connectivity index (χ1) is 29.5. The highest BCUT2D eigenvalue weighted by molar-refractivity contribution is 7.50. The molecule has 7 atom stereocenters. The van der Waals surface area contributed by atoms with Gasteiger partial charge >= 0.3 is 43.5 Å². The van der Waals surface area contributed by atoms with Crippen LogP contribution >= 0.6 is 7.82 Å². The maximum absolute atomic E-state index is 14.0. The number of carbonyl (C=O) groups is 5. The molecule has 4 rings (SSSR count). The lowest BCUT2D eigenvalue weighted by Crippen LogP contribution is -2.46. The van der Waals surface area contributed by atoms with Gasteiger partial charge in [-0.05, 0) is 56.6 Å². The molecule has 0 spiro atoms. The molecule has 62 heavy (non-hydrogen) atoms. The van der Waals surface area contributed by atoms with Crippen LogP contribution in [-0.4, -0.2) is 104 Å². The van der Waals surface area contributed by atoms with Gasteiger partial charge in [-0.2, -0.15) is 9.55 Å². The Morgan fingerprint density at radius 1 is 0.887 bits per heavy atom. The number of nitrogens with zero attached hydrogens (tertiary/aromatic N) is 2. The summed E-state index contributed by atoms with van der Waals surface area (Å²) >= 11 is 0. The Morgan fingerprint density at radius 2 is 1.47 bits per heavy atom. The number of carbonyl (C=O) groups excluding carboxylic acids is 4. The third-order valence-corrected chi connectivity index (χ3v) is 10.5. The molecule has 338 valence electrons. The number of aliphatic hydroxyl groups excluding tert-OH is 1. The molecule has 1 fully saturated rings. The van der Waals surface area contributed by atoms with Crippen LogP contribution in [0.5, 0.6) is 5.75 Å². The maximum Gasteiger partial charge on any atom is 0.651 e. The van der Waals surface area contributed by atoms with E-state index in [1.54, 1.807) is 36.4 Å². The quantitative estimate of drug-likeness (QED) is 0.0428. The zero-order valence-electron chi connectivity index (χ0n) is 34.4. The summed E-state index contributed by atoms with van der Waals surface area (Å²) in [6.45, 7) is 4.58. The van der Waals surface area contributed by atoms with Crippen molar-refractivity contribution < 1.29 is 71.6 Å². The van der Waals surface area contributed by atoms with Gasteiger partial charge in [-0.3, -0.25) is 19.5 Å². The summed E-state index contributed by atoms with van der Waals surface area (Å²) in [7, 11) is -5.21. The number of aliphatic carboxylic acids is 1. The van der Waals surface area contributed by atoms with Crippen LogP contribution in [0.25, 0.3) is 0 Å². The fourth-order valence-corrected chi connectivity index (χ4v) is 7.06. The second-order valence-electron chi connectivity index (χ2n) is 14.3. The van der Waals surface area contributed by atoms with Gasteiger partial charge in [0.1, 0.15) is 54.7 Å². The van der Waals surface area contributed by atoms with Gasteiger partial charge in [0.2, 0.25) is 0 Å². The van der Waals surface area contributed by atoms with E-state index in [1.807, 2.05) is 13.8 Å². The van der Waals surface area contributed by atoms with Crippen LogP contribution in [-0.2, 0) is 53.6 Å². The van der Waals surface area contributed by atoms with Gasteiger partial charge < -0.3 is 53.7 Å². The van der Waals surface area contributed by atoms with Crippen LogP contribution in [0.2, 0.25) is 0 Å². The third-order valence-electron chi connectivity index (χ3n) is 9.21. The van der Waals surface area contributed by atoms with Crippen molar-refractivity contribution in [2.75, 3.05) is 25.0 Å². The molecule has 3 aromatic rings. The molecule has 22 heteroatoms. The van der Waals surface area contributed by atoms with Gasteiger partial charge in [-0.15, -0.1) is 0 Å². The number of aromatic nitrogens is 2. The minimum atomic E-state index is -5.21. The smallest absolute Gasteiger partial charge is 0.481 e. The van der Waals surface area contributed by atoms with Crippen molar-refractivity contribution in [3.63, 3.8) is 0 Å². The van der Waals surface area contributed by atoms with Gasteiger partial charge in [0.05, 0.1) is 12.8 Å². The van der Waals surface area contributed by atoms with Crippen molar-refractivity contribution in [3.8, 4) is 5.75 Å². The van der Waals surface area contributed by atoms with Gasteiger partial charge in [0.25, 0.3) is 0 Å². The predicted molar refractivity (Wildman–Crippen MR) is 217 cm³/mol. The van der Waals surface area contributed by atoms with Gasteiger partial charge in [-0.1, -0.05) is 75.2 Å². The summed E-state index contributed by atoms with van der Waals surface area (Å²) in [5, 5.41) is 39.4. The fourth-order valence-electron chi connectivity index (χ4n) is 5.88. The lowest BCUT2D eigenvalue weighted by Gasteiger charge is -2.27. The van der Waals surface area contributed by atoms with Crippen LogP contribution in [0, 0.1) is 0 Å². The molecule has 0 bridgehead atoms. The molecule has 1 aliphatic heterocycles. The van der Waals surface area contributed by atoms with E-state index in [-0.39, 0.29) is 31.3 Å². The second kappa shape index (κ2) is 23.5. The number of esters is 1. The van der Waals surface area contributed by atoms with Crippen LogP contribution in [0.1, 0.15) is 71.1 Å². The molecule has 1 amide bonds. The van der Waals surface area contributed by atoms with E-state index < -0.39 is 99.1 Å². The number of aliphatic hydroxyl groups is 2. The summed E-state index contributed by atoms with van der Waals surface area (Å²) in [6, 6.07) is 14.3. The number of nitrogens with one attached hydrogen (secondary N) is 3. The number of unbranched alkanes of at least 4 members (excludes halogenated alkanes) is 2. The molecule has 21 nitrogen and oxygen atoms in total. The molecule has 1 aromatic heterocycles. The Kier molecular flexibility index (Phi) is 18.6. The van der Waals surface area contributed by atoms with Crippen molar-refractivity contribution in [1.82, 2.24) is 20.2 Å². The zero-order valence-corrected chi connectivity index (χ0v) is 35.3. The number of hydrogen-bond donors (Lipinski definition) is 6. The number of carboxylic acid groups (broad SMARTS) is 1. The first-order valence-corrected chi connectivity index (χ1v) is 21.3. The van der Waals surface area contributed by atoms with Crippen molar-refractivity contribution in [2.45, 2.75) is 102 Å². The van der Waals surface area contributed by atoms with Crippen LogP contribution in [0.3, 0.4) is 0 Å². The topological polar surface area (TPSA) is 289 Å². The van der Waals surface area contributed by atoms with E-state index in [0.29, 0.717) is 25.7 Å². The van der Waals surface area contributed by atoms with E-state index in [2.05, 4.69) is 20.9 Å². The SMILES string of the molecule is CCCCN[C@@H](CC(=O)O)C(=O)OP(=O)(OC(=O)[C@H](CC(=O)OC[C@H]1O[C@@H](n2ccc(NC(=O)OCc3ccccc3)nc2=O)[C@](C)(O)[C@@H]1O)NCCCC)Oc1ccccc1. The van der Waals surface area contributed by atoms with Crippen LogP contribution < -0.4 is 26.2 Å². The maximum atomic E-state index is 14.0. The molecule has 2 aromatic carbocycles. The van der Waals surface area contributed by atoms with E-state index in [4.69, 9.17) is 27.8 Å². The Morgan fingerprint density at radius 3 is 2.03 bits per heavy atom. The summed E-state index contributed by atoms with van der Waals surface area (Å²) < 4.78 is 46.8. The Balaban J connectivity index is 1.42. The molecular formula is C40H52N5O16P.